The van der Waals surface area contributed by atoms with Crippen LogP contribution in [0.3, 0.4) is 0 Å². The van der Waals surface area contributed by atoms with Crippen LogP contribution in [0.15, 0.2) is 6.07 Å². The Hall–Kier alpha value is -1.65. The third-order valence-electron chi connectivity index (χ3n) is 5.64. The van der Waals surface area contributed by atoms with Crippen molar-refractivity contribution in [2.45, 2.75) is 90.1 Å². The Balaban J connectivity index is 1.75. The van der Waals surface area contributed by atoms with Crippen molar-refractivity contribution in [2.75, 3.05) is 11.4 Å². The first-order valence-electron chi connectivity index (χ1n) is 10.1. The third-order valence-corrected chi connectivity index (χ3v) is 5.64. The van der Waals surface area contributed by atoms with Crippen LogP contribution in [0.4, 0.5) is 5.82 Å². The van der Waals surface area contributed by atoms with E-state index in [0.717, 1.165) is 31.6 Å². The van der Waals surface area contributed by atoms with E-state index in [1.807, 2.05) is 13.0 Å². The van der Waals surface area contributed by atoms with Gasteiger partial charge in [0.2, 0.25) is 0 Å². The van der Waals surface area contributed by atoms with E-state index in [4.69, 9.17) is 0 Å². The summed E-state index contributed by atoms with van der Waals surface area (Å²) in [5.74, 6) is 1.57. The number of anilines is 1. The van der Waals surface area contributed by atoms with Gasteiger partial charge < -0.3 is 10.2 Å². The first-order valence-corrected chi connectivity index (χ1v) is 10.1. The molecule has 1 unspecified atom stereocenters. The van der Waals surface area contributed by atoms with E-state index < -0.39 is 0 Å². The van der Waals surface area contributed by atoms with Gasteiger partial charge in [-0.25, -0.2) is 9.97 Å². The van der Waals surface area contributed by atoms with Gasteiger partial charge in [0.05, 0.1) is 0 Å². The number of nitrogens with zero attached hydrogens (tertiary/aromatic N) is 3. The minimum absolute atomic E-state index is 0.0382. The predicted molar refractivity (Wildman–Crippen MR) is 101 cm³/mol. The zero-order valence-corrected chi connectivity index (χ0v) is 15.8. The van der Waals surface area contributed by atoms with Gasteiger partial charge in [-0.1, -0.05) is 32.6 Å². The van der Waals surface area contributed by atoms with Gasteiger partial charge in [-0.3, -0.25) is 4.79 Å². The van der Waals surface area contributed by atoms with E-state index in [9.17, 15) is 4.79 Å². The molecule has 1 atom stereocenters. The summed E-state index contributed by atoms with van der Waals surface area (Å²) < 4.78 is 0. The molecule has 3 rings (SSSR count). The van der Waals surface area contributed by atoms with Crippen LogP contribution in [0.5, 0.6) is 0 Å². The zero-order chi connectivity index (χ0) is 17.6. The largest absolute Gasteiger partial charge is 0.354 e. The number of hydrogen-bond donors (Lipinski definition) is 1. The van der Waals surface area contributed by atoms with E-state index in [1.54, 1.807) is 0 Å². The Labute approximate surface area is 151 Å². The lowest BCUT2D eigenvalue weighted by atomic mass is 10.00. The lowest BCUT2D eigenvalue weighted by Gasteiger charge is -2.36. The van der Waals surface area contributed by atoms with Crippen LogP contribution in [0.25, 0.3) is 0 Å². The molecular formula is C20H32N4O. The summed E-state index contributed by atoms with van der Waals surface area (Å²) in [6.45, 7) is 5.15. The molecule has 0 radical (unpaired) electrons. The maximum absolute atomic E-state index is 12.7. The van der Waals surface area contributed by atoms with E-state index in [1.165, 1.54) is 44.9 Å². The maximum Gasteiger partial charge on any atom is 0.270 e. The van der Waals surface area contributed by atoms with Crippen molar-refractivity contribution >= 4 is 11.7 Å². The van der Waals surface area contributed by atoms with Crippen molar-refractivity contribution in [1.29, 1.82) is 0 Å². The fraction of sp³-hybridized carbons (Fsp3) is 0.750. The number of aromatic nitrogens is 2. The second-order valence-electron chi connectivity index (χ2n) is 7.57. The van der Waals surface area contributed by atoms with Crippen molar-refractivity contribution in [3.05, 3.63) is 17.6 Å². The standard InChI is InChI=1S/C20H32N4O/c1-3-17-12-8-9-13-24(17)19-14-18(21-15(2)22-19)20(25)23-16-10-6-4-5-7-11-16/h14,16-17H,3-13H2,1-2H3,(H,23,25). The lowest BCUT2D eigenvalue weighted by molar-refractivity contribution is 0.0928. The summed E-state index contributed by atoms with van der Waals surface area (Å²) in [5.41, 5.74) is 0.521. The number of carbonyl (C=O) groups is 1. The topological polar surface area (TPSA) is 58.1 Å². The lowest BCUT2D eigenvalue weighted by Crippen LogP contribution is -2.40. The van der Waals surface area contributed by atoms with Crippen LogP contribution in [0.1, 0.15) is 87.4 Å². The van der Waals surface area contributed by atoms with Crippen LogP contribution < -0.4 is 10.2 Å². The molecule has 1 aromatic rings. The number of aryl methyl sites for hydroxylation is 1. The molecule has 1 saturated heterocycles. The van der Waals surface area contributed by atoms with Crippen molar-refractivity contribution in [2.24, 2.45) is 0 Å². The molecule has 25 heavy (non-hydrogen) atoms. The summed E-state index contributed by atoms with van der Waals surface area (Å²) in [5, 5.41) is 3.21. The average molecular weight is 345 g/mol. The molecule has 1 aliphatic carbocycles. The molecule has 2 heterocycles. The number of piperidine rings is 1. The molecule has 0 bridgehead atoms. The smallest absolute Gasteiger partial charge is 0.270 e. The van der Waals surface area contributed by atoms with Crippen LogP contribution in [-0.4, -0.2) is 34.5 Å². The monoisotopic (exact) mass is 344 g/mol. The Morgan fingerprint density at radius 2 is 1.84 bits per heavy atom. The summed E-state index contributed by atoms with van der Waals surface area (Å²) in [7, 11) is 0. The highest BCUT2D eigenvalue weighted by atomic mass is 16.1. The molecule has 0 spiro atoms. The molecule has 5 nitrogen and oxygen atoms in total. The summed E-state index contributed by atoms with van der Waals surface area (Å²) in [6.07, 6.45) is 12.0. The first kappa shape index (κ1) is 18.2. The Kier molecular flexibility index (Phi) is 6.27. The zero-order valence-electron chi connectivity index (χ0n) is 15.8. The predicted octanol–water partition coefficient (Wildman–Crippen LogP) is 4.01. The Bertz CT molecular complexity index is 581. The van der Waals surface area contributed by atoms with Gasteiger partial charge in [0, 0.05) is 24.7 Å². The number of nitrogens with one attached hydrogen (secondary N) is 1. The molecule has 2 aliphatic rings. The number of hydrogen-bond acceptors (Lipinski definition) is 4. The minimum atomic E-state index is -0.0382. The second kappa shape index (κ2) is 8.63. The molecular weight excluding hydrogens is 312 g/mol. The van der Waals surface area contributed by atoms with Gasteiger partial charge in [0.1, 0.15) is 17.3 Å². The van der Waals surface area contributed by atoms with Gasteiger partial charge in [-0.15, -0.1) is 0 Å². The Morgan fingerprint density at radius 1 is 1.12 bits per heavy atom. The molecule has 0 aromatic carbocycles. The van der Waals surface area contributed by atoms with Crippen molar-refractivity contribution in [1.82, 2.24) is 15.3 Å². The van der Waals surface area contributed by atoms with E-state index in [2.05, 4.69) is 27.1 Å². The quantitative estimate of drug-likeness (QED) is 0.839. The Morgan fingerprint density at radius 3 is 2.56 bits per heavy atom. The average Bonchev–Trinajstić information content (AvgIpc) is 2.89. The normalized spacial score (nSPS) is 22.5. The van der Waals surface area contributed by atoms with Crippen molar-refractivity contribution in [3.8, 4) is 0 Å². The SMILES string of the molecule is CCC1CCCCN1c1cc(C(=O)NC2CCCCCC2)nc(C)n1. The molecule has 5 heteroatoms. The van der Waals surface area contributed by atoms with E-state index in [-0.39, 0.29) is 5.91 Å². The molecule has 2 fully saturated rings. The van der Waals surface area contributed by atoms with Crippen LogP contribution in [0, 0.1) is 6.92 Å². The van der Waals surface area contributed by atoms with Gasteiger partial charge in [-0.05, 0) is 45.4 Å². The summed E-state index contributed by atoms with van der Waals surface area (Å²) >= 11 is 0. The summed E-state index contributed by atoms with van der Waals surface area (Å²) in [4.78, 5) is 24.2. The van der Waals surface area contributed by atoms with Gasteiger partial charge in [0.25, 0.3) is 5.91 Å². The highest BCUT2D eigenvalue weighted by Gasteiger charge is 2.24. The van der Waals surface area contributed by atoms with Gasteiger partial charge in [-0.2, -0.15) is 0 Å². The fourth-order valence-electron chi connectivity index (χ4n) is 4.23. The first-order chi connectivity index (χ1) is 12.2. The maximum atomic E-state index is 12.7. The number of rotatable bonds is 4. The molecule has 1 aliphatic heterocycles. The molecule has 1 N–H and O–H groups in total. The molecule has 138 valence electrons. The van der Waals surface area contributed by atoms with Crippen LogP contribution >= 0.6 is 0 Å². The second-order valence-corrected chi connectivity index (χ2v) is 7.57. The van der Waals surface area contributed by atoms with Crippen LogP contribution in [-0.2, 0) is 0 Å². The third kappa shape index (κ3) is 4.71. The number of amides is 1. The van der Waals surface area contributed by atoms with Crippen LogP contribution in [0.2, 0.25) is 0 Å². The van der Waals surface area contributed by atoms with E-state index in [0.29, 0.717) is 23.6 Å². The molecule has 1 saturated carbocycles. The van der Waals surface area contributed by atoms with Crippen molar-refractivity contribution in [3.63, 3.8) is 0 Å². The fourth-order valence-corrected chi connectivity index (χ4v) is 4.23. The number of carbonyl (C=O) groups excluding carboxylic acids is 1. The van der Waals surface area contributed by atoms with Crippen molar-refractivity contribution < 1.29 is 4.79 Å². The minimum Gasteiger partial charge on any atom is -0.354 e. The molecule has 1 aromatic heterocycles. The molecule has 1 amide bonds. The highest BCUT2D eigenvalue weighted by Crippen LogP contribution is 2.25. The van der Waals surface area contributed by atoms with E-state index >= 15 is 0 Å². The summed E-state index contributed by atoms with van der Waals surface area (Å²) in [6, 6.07) is 2.72. The van der Waals surface area contributed by atoms with Gasteiger partial charge in [0.15, 0.2) is 0 Å². The highest BCUT2D eigenvalue weighted by molar-refractivity contribution is 5.93. The van der Waals surface area contributed by atoms with Gasteiger partial charge >= 0.3 is 0 Å².